The normalized spacial score (nSPS) is 26.2. The van der Waals surface area contributed by atoms with Crippen molar-refractivity contribution >= 4 is 11.7 Å². The lowest BCUT2D eigenvalue weighted by atomic mass is 10.2. The van der Waals surface area contributed by atoms with Crippen molar-refractivity contribution in [1.82, 2.24) is 4.90 Å². The summed E-state index contributed by atoms with van der Waals surface area (Å²) >= 11 is 0. The summed E-state index contributed by atoms with van der Waals surface area (Å²) in [4.78, 5) is 14.3. The zero-order valence-electron chi connectivity index (χ0n) is 10.6. The van der Waals surface area contributed by atoms with Gasteiger partial charge >= 0.3 is 6.03 Å². The predicted octanol–water partition coefficient (Wildman–Crippen LogP) is 2.39. The van der Waals surface area contributed by atoms with Crippen LogP contribution in [-0.4, -0.2) is 36.2 Å². The summed E-state index contributed by atoms with van der Waals surface area (Å²) in [6.45, 7) is 3.36. The molecule has 4 nitrogen and oxygen atoms in total. The lowest BCUT2D eigenvalue weighted by Gasteiger charge is -2.34. The Morgan fingerprint density at radius 3 is 2.61 bits per heavy atom. The van der Waals surface area contributed by atoms with Gasteiger partial charge in [-0.25, -0.2) is 4.79 Å². The molecule has 2 bridgehead atoms. The van der Waals surface area contributed by atoms with Crippen LogP contribution in [0.2, 0.25) is 0 Å². The molecule has 2 fully saturated rings. The van der Waals surface area contributed by atoms with Gasteiger partial charge < -0.3 is 15.0 Å². The second kappa shape index (κ2) is 4.61. The number of rotatable bonds is 1. The van der Waals surface area contributed by atoms with E-state index in [4.69, 9.17) is 4.74 Å². The minimum Gasteiger partial charge on any atom is -0.377 e. The maximum atomic E-state index is 12.3. The summed E-state index contributed by atoms with van der Waals surface area (Å²) < 4.78 is 5.49. The molecule has 1 aromatic rings. The number of nitrogens with zero attached hydrogens (tertiary/aromatic N) is 1. The molecule has 0 aromatic heterocycles. The Hall–Kier alpha value is -1.55. The van der Waals surface area contributed by atoms with Crippen molar-refractivity contribution in [2.24, 2.45) is 0 Å². The third kappa shape index (κ3) is 1.97. The molecule has 3 rings (SSSR count). The van der Waals surface area contributed by atoms with Crippen LogP contribution < -0.4 is 5.32 Å². The minimum absolute atomic E-state index is 0.0140. The van der Waals surface area contributed by atoms with Crippen molar-refractivity contribution in [3.05, 3.63) is 29.8 Å². The van der Waals surface area contributed by atoms with E-state index in [1.54, 1.807) is 0 Å². The number of para-hydroxylation sites is 1. The molecule has 4 heteroatoms. The van der Waals surface area contributed by atoms with Gasteiger partial charge in [-0.05, 0) is 31.4 Å². The molecule has 0 saturated carbocycles. The number of urea groups is 1. The number of carbonyl (C=O) groups excluding carboxylic acids is 1. The van der Waals surface area contributed by atoms with Gasteiger partial charge in [-0.2, -0.15) is 0 Å². The lowest BCUT2D eigenvalue weighted by molar-refractivity contribution is 0.00949. The number of hydrogen-bond acceptors (Lipinski definition) is 2. The maximum absolute atomic E-state index is 12.3. The van der Waals surface area contributed by atoms with Gasteiger partial charge in [-0.3, -0.25) is 0 Å². The summed E-state index contributed by atoms with van der Waals surface area (Å²) in [5.41, 5.74) is 1.99. The summed E-state index contributed by atoms with van der Waals surface area (Å²) in [7, 11) is 0. The van der Waals surface area contributed by atoms with Crippen LogP contribution in [0.4, 0.5) is 10.5 Å². The van der Waals surface area contributed by atoms with Crippen LogP contribution >= 0.6 is 0 Å². The van der Waals surface area contributed by atoms with Crippen molar-refractivity contribution in [3.8, 4) is 0 Å². The van der Waals surface area contributed by atoms with Gasteiger partial charge in [0, 0.05) is 5.69 Å². The first kappa shape index (κ1) is 11.5. The molecular weight excluding hydrogens is 228 g/mol. The fourth-order valence-electron chi connectivity index (χ4n) is 2.85. The summed E-state index contributed by atoms with van der Waals surface area (Å²) in [5, 5.41) is 3.01. The Balaban J connectivity index is 1.74. The second-order valence-electron chi connectivity index (χ2n) is 5.07. The number of amides is 2. The SMILES string of the molecule is Cc1ccccc1NC(=O)N1[C@@H]2CC[C@@H]1COC2. The molecule has 0 unspecified atom stereocenters. The van der Waals surface area contributed by atoms with Crippen molar-refractivity contribution in [1.29, 1.82) is 0 Å². The van der Waals surface area contributed by atoms with E-state index in [1.807, 2.05) is 36.1 Å². The third-order valence-electron chi connectivity index (χ3n) is 3.86. The molecule has 0 aliphatic carbocycles. The Bertz CT molecular complexity index is 445. The van der Waals surface area contributed by atoms with E-state index in [2.05, 4.69) is 5.32 Å². The maximum Gasteiger partial charge on any atom is 0.322 e. The van der Waals surface area contributed by atoms with Crippen LogP contribution in [0.1, 0.15) is 18.4 Å². The zero-order chi connectivity index (χ0) is 12.5. The van der Waals surface area contributed by atoms with E-state index >= 15 is 0 Å². The summed E-state index contributed by atoms with van der Waals surface area (Å²) in [6, 6.07) is 8.39. The number of anilines is 1. The number of fused-ring (bicyclic) bond motifs is 2. The standard InChI is InChI=1S/C14H18N2O2/c1-10-4-2-3-5-13(10)15-14(17)16-11-6-7-12(16)9-18-8-11/h2-5,11-12H,6-9H2,1H3,(H,15,17)/t11-,12-/m1/s1. The van der Waals surface area contributed by atoms with Crippen LogP contribution in [0.15, 0.2) is 24.3 Å². The van der Waals surface area contributed by atoms with Gasteiger partial charge in [0.25, 0.3) is 0 Å². The third-order valence-corrected chi connectivity index (χ3v) is 3.86. The first-order valence-corrected chi connectivity index (χ1v) is 6.48. The van der Waals surface area contributed by atoms with E-state index < -0.39 is 0 Å². The first-order chi connectivity index (χ1) is 8.75. The largest absolute Gasteiger partial charge is 0.377 e. The highest BCUT2D eigenvalue weighted by Crippen LogP contribution is 2.29. The average Bonchev–Trinajstić information content (AvgIpc) is 2.62. The number of ether oxygens (including phenoxy) is 1. The monoisotopic (exact) mass is 246 g/mol. The zero-order valence-corrected chi connectivity index (χ0v) is 10.6. The Labute approximate surface area is 107 Å². The van der Waals surface area contributed by atoms with Gasteiger partial charge in [0.05, 0.1) is 25.3 Å². The molecule has 2 aliphatic heterocycles. The summed E-state index contributed by atoms with van der Waals surface area (Å²) in [6.07, 6.45) is 2.12. The Kier molecular flexibility index (Phi) is 2.96. The predicted molar refractivity (Wildman–Crippen MR) is 69.7 cm³/mol. The van der Waals surface area contributed by atoms with Crippen molar-refractivity contribution < 1.29 is 9.53 Å². The highest BCUT2D eigenvalue weighted by Gasteiger charge is 2.40. The van der Waals surface area contributed by atoms with E-state index in [1.165, 1.54) is 0 Å². The topological polar surface area (TPSA) is 41.6 Å². The van der Waals surface area contributed by atoms with Gasteiger partial charge in [0.1, 0.15) is 0 Å². The fraction of sp³-hybridized carbons (Fsp3) is 0.500. The smallest absolute Gasteiger partial charge is 0.322 e. The van der Waals surface area contributed by atoms with Crippen LogP contribution in [0.25, 0.3) is 0 Å². The number of morpholine rings is 1. The lowest BCUT2D eigenvalue weighted by Crippen LogP contribution is -2.50. The van der Waals surface area contributed by atoms with E-state index in [0.29, 0.717) is 13.2 Å². The highest BCUT2D eigenvalue weighted by molar-refractivity contribution is 5.90. The molecule has 0 radical (unpaired) electrons. The molecule has 96 valence electrons. The van der Waals surface area contributed by atoms with Crippen LogP contribution in [0.3, 0.4) is 0 Å². The van der Waals surface area contributed by atoms with Crippen LogP contribution in [0.5, 0.6) is 0 Å². The van der Waals surface area contributed by atoms with E-state index in [0.717, 1.165) is 24.1 Å². The number of carbonyl (C=O) groups is 1. The van der Waals surface area contributed by atoms with Gasteiger partial charge in [0.2, 0.25) is 0 Å². The molecule has 2 heterocycles. The van der Waals surface area contributed by atoms with Gasteiger partial charge in [0.15, 0.2) is 0 Å². The number of nitrogens with one attached hydrogen (secondary N) is 1. The molecule has 2 atom stereocenters. The van der Waals surface area contributed by atoms with Crippen molar-refractivity contribution in [2.75, 3.05) is 18.5 Å². The number of hydrogen-bond donors (Lipinski definition) is 1. The second-order valence-corrected chi connectivity index (χ2v) is 5.07. The van der Waals surface area contributed by atoms with Gasteiger partial charge in [-0.1, -0.05) is 18.2 Å². The average molecular weight is 246 g/mol. The van der Waals surface area contributed by atoms with Crippen molar-refractivity contribution in [2.45, 2.75) is 31.8 Å². The molecule has 0 spiro atoms. The van der Waals surface area contributed by atoms with E-state index in [9.17, 15) is 4.79 Å². The fourth-order valence-corrected chi connectivity index (χ4v) is 2.85. The Morgan fingerprint density at radius 1 is 1.28 bits per heavy atom. The van der Waals surface area contributed by atoms with E-state index in [-0.39, 0.29) is 18.1 Å². The highest BCUT2D eigenvalue weighted by atomic mass is 16.5. The Morgan fingerprint density at radius 2 is 1.94 bits per heavy atom. The first-order valence-electron chi connectivity index (χ1n) is 6.48. The minimum atomic E-state index is 0.0140. The molecule has 2 saturated heterocycles. The quantitative estimate of drug-likeness (QED) is 0.826. The van der Waals surface area contributed by atoms with Crippen LogP contribution in [0, 0.1) is 6.92 Å². The molecule has 2 aliphatic rings. The molecule has 2 amide bonds. The van der Waals surface area contributed by atoms with Crippen molar-refractivity contribution in [3.63, 3.8) is 0 Å². The number of benzene rings is 1. The summed E-state index contributed by atoms with van der Waals surface area (Å²) in [5.74, 6) is 0. The molecule has 18 heavy (non-hydrogen) atoms. The molecule has 1 N–H and O–H groups in total. The number of aryl methyl sites for hydroxylation is 1. The van der Waals surface area contributed by atoms with Crippen LogP contribution in [-0.2, 0) is 4.74 Å². The molecule has 1 aromatic carbocycles. The van der Waals surface area contributed by atoms with Gasteiger partial charge in [-0.15, -0.1) is 0 Å². The molecular formula is C14H18N2O2.